The Morgan fingerprint density at radius 2 is 1.43 bits per heavy atom. The number of piperazine rings is 1. The van der Waals surface area contributed by atoms with E-state index < -0.39 is 5.41 Å². The maximum Gasteiger partial charge on any atom is 0.108 e. The highest BCUT2D eigenvalue weighted by Gasteiger charge is 2.34. The summed E-state index contributed by atoms with van der Waals surface area (Å²) in [7, 11) is 0. The lowest BCUT2D eigenvalue weighted by atomic mass is 9.73. The molecule has 0 spiro atoms. The third-order valence-corrected chi connectivity index (χ3v) is 4.74. The number of nitrogens with zero attached hydrogens (tertiary/aromatic N) is 2. The van der Waals surface area contributed by atoms with Crippen molar-refractivity contribution in [3.05, 3.63) is 71.8 Å². The Hall–Kier alpha value is -2.15. The summed E-state index contributed by atoms with van der Waals surface area (Å²) in [5.41, 5.74) is 1.60. The van der Waals surface area contributed by atoms with Crippen LogP contribution in [0.3, 0.4) is 0 Å². The van der Waals surface area contributed by atoms with E-state index in [4.69, 9.17) is 0 Å². The summed E-state index contributed by atoms with van der Waals surface area (Å²) in [6.07, 6.45) is 0.817. The van der Waals surface area contributed by atoms with Gasteiger partial charge in [-0.05, 0) is 17.5 Å². The number of benzene rings is 2. The van der Waals surface area contributed by atoms with E-state index in [2.05, 4.69) is 40.6 Å². The molecule has 0 amide bonds. The standard InChI is InChI=1S/C20H23N3/c21-17-20(18-7-3-1-4-8-18,19-9-5-2-6-10-19)11-14-23-15-12-22-13-16-23/h1-10,22H,11-16H2. The molecule has 1 aliphatic heterocycles. The first-order chi connectivity index (χ1) is 11.3. The molecule has 1 saturated heterocycles. The van der Waals surface area contributed by atoms with Gasteiger partial charge in [0, 0.05) is 32.7 Å². The van der Waals surface area contributed by atoms with Crippen LogP contribution < -0.4 is 5.32 Å². The van der Waals surface area contributed by atoms with Gasteiger partial charge in [-0.25, -0.2) is 0 Å². The number of hydrogen-bond donors (Lipinski definition) is 1. The van der Waals surface area contributed by atoms with Crippen LogP contribution in [0, 0.1) is 11.3 Å². The van der Waals surface area contributed by atoms with Crippen LogP contribution in [0.5, 0.6) is 0 Å². The summed E-state index contributed by atoms with van der Waals surface area (Å²) >= 11 is 0. The van der Waals surface area contributed by atoms with Crippen LogP contribution in [0.4, 0.5) is 0 Å². The average molecular weight is 305 g/mol. The second-order valence-electron chi connectivity index (χ2n) is 6.09. The van der Waals surface area contributed by atoms with E-state index >= 15 is 0 Å². The van der Waals surface area contributed by atoms with Crippen molar-refractivity contribution in [3.63, 3.8) is 0 Å². The minimum absolute atomic E-state index is 0.576. The van der Waals surface area contributed by atoms with Gasteiger partial charge in [-0.1, -0.05) is 60.7 Å². The summed E-state index contributed by atoms with van der Waals surface area (Å²) in [6, 6.07) is 23.1. The fraction of sp³-hybridized carbons (Fsp3) is 0.350. The number of nitriles is 1. The molecule has 2 aromatic rings. The molecule has 0 aliphatic carbocycles. The van der Waals surface area contributed by atoms with E-state index in [1.165, 1.54) is 0 Å². The normalized spacial score (nSPS) is 16.0. The zero-order valence-corrected chi connectivity index (χ0v) is 13.4. The molecular formula is C20H23N3. The van der Waals surface area contributed by atoms with Gasteiger partial charge in [0.05, 0.1) is 6.07 Å². The van der Waals surface area contributed by atoms with E-state index in [1.54, 1.807) is 0 Å². The number of hydrogen-bond acceptors (Lipinski definition) is 3. The molecule has 0 unspecified atom stereocenters. The SMILES string of the molecule is N#CC(CCN1CCNCC1)(c1ccccc1)c1ccccc1. The van der Waals surface area contributed by atoms with E-state index in [1.807, 2.05) is 36.4 Å². The highest BCUT2D eigenvalue weighted by molar-refractivity contribution is 5.45. The zero-order valence-electron chi connectivity index (χ0n) is 13.4. The van der Waals surface area contributed by atoms with Crippen molar-refractivity contribution < 1.29 is 0 Å². The first-order valence-electron chi connectivity index (χ1n) is 8.30. The largest absolute Gasteiger partial charge is 0.314 e. The minimum Gasteiger partial charge on any atom is -0.314 e. The van der Waals surface area contributed by atoms with Crippen LogP contribution in [0.15, 0.2) is 60.7 Å². The molecule has 0 bridgehead atoms. The van der Waals surface area contributed by atoms with Gasteiger partial charge < -0.3 is 10.2 Å². The molecule has 3 heteroatoms. The fourth-order valence-corrected chi connectivity index (χ4v) is 3.35. The molecular weight excluding hydrogens is 282 g/mol. The van der Waals surface area contributed by atoms with Gasteiger partial charge in [0.25, 0.3) is 0 Å². The topological polar surface area (TPSA) is 39.1 Å². The first-order valence-corrected chi connectivity index (χ1v) is 8.30. The molecule has 1 N–H and O–H groups in total. The van der Waals surface area contributed by atoms with Gasteiger partial charge in [-0.2, -0.15) is 5.26 Å². The molecule has 1 aliphatic rings. The lowest BCUT2D eigenvalue weighted by molar-refractivity contribution is 0.229. The molecule has 118 valence electrons. The van der Waals surface area contributed by atoms with E-state index in [-0.39, 0.29) is 0 Å². The Labute approximate surface area is 138 Å². The Bertz CT molecular complexity index is 600. The maximum absolute atomic E-state index is 10.1. The number of rotatable bonds is 5. The molecule has 3 rings (SSSR count). The van der Waals surface area contributed by atoms with Crippen LogP contribution in [0.1, 0.15) is 17.5 Å². The monoisotopic (exact) mass is 305 g/mol. The number of nitrogens with one attached hydrogen (secondary N) is 1. The molecule has 0 radical (unpaired) electrons. The predicted molar refractivity (Wildman–Crippen MR) is 93.2 cm³/mol. The summed E-state index contributed by atoms with van der Waals surface area (Å²) < 4.78 is 0. The zero-order chi connectivity index (χ0) is 16.0. The molecule has 0 aromatic heterocycles. The first kappa shape index (κ1) is 15.7. The van der Waals surface area contributed by atoms with Crippen molar-refractivity contribution in [2.45, 2.75) is 11.8 Å². The fourth-order valence-electron chi connectivity index (χ4n) is 3.35. The van der Waals surface area contributed by atoms with Gasteiger partial charge in [0.2, 0.25) is 0 Å². The van der Waals surface area contributed by atoms with Crippen LogP contribution in [0.2, 0.25) is 0 Å². The van der Waals surface area contributed by atoms with Crippen LogP contribution in [-0.2, 0) is 5.41 Å². The van der Waals surface area contributed by atoms with Crippen LogP contribution in [0.25, 0.3) is 0 Å². The van der Waals surface area contributed by atoms with Gasteiger partial charge in [-0.15, -0.1) is 0 Å². The molecule has 3 nitrogen and oxygen atoms in total. The Morgan fingerprint density at radius 3 is 1.91 bits per heavy atom. The smallest absolute Gasteiger partial charge is 0.108 e. The predicted octanol–water partition coefficient (Wildman–Crippen LogP) is 2.79. The lowest BCUT2D eigenvalue weighted by Crippen LogP contribution is -2.45. The van der Waals surface area contributed by atoms with E-state index in [0.717, 1.165) is 50.3 Å². The Morgan fingerprint density at radius 1 is 0.913 bits per heavy atom. The molecule has 1 heterocycles. The molecule has 1 fully saturated rings. The van der Waals surface area contributed by atoms with Gasteiger partial charge >= 0.3 is 0 Å². The molecule has 0 atom stereocenters. The van der Waals surface area contributed by atoms with Gasteiger partial charge in [0.15, 0.2) is 0 Å². The summed E-state index contributed by atoms with van der Waals surface area (Å²) in [6.45, 7) is 5.14. The van der Waals surface area contributed by atoms with Crippen molar-refractivity contribution >= 4 is 0 Å². The summed E-state index contributed by atoms with van der Waals surface area (Å²) in [5.74, 6) is 0. The average Bonchev–Trinajstić information content (AvgIpc) is 2.65. The van der Waals surface area contributed by atoms with Crippen molar-refractivity contribution in [3.8, 4) is 6.07 Å². The van der Waals surface area contributed by atoms with Crippen molar-refractivity contribution in [2.75, 3.05) is 32.7 Å². The molecule has 2 aromatic carbocycles. The summed E-state index contributed by atoms with van der Waals surface area (Å²) in [4.78, 5) is 2.45. The molecule has 23 heavy (non-hydrogen) atoms. The third-order valence-electron chi connectivity index (χ3n) is 4.74. The third kappa shape index (κ3) is 3.44. The summed E-state index contributed by atoms with van der Waals surface area (Å²) in [5, 5.41) is 13.5. The van der Waals surface area contributed by atoms with Crippen molar-refractivity contribution in [1.29, 1.82) is 5.26 Å². The van der Waals surface area contributed by atoms with Gasteiger partial charge in [0.1, 0.15) is 5.41 Å². The van der Waals surface area contributed by atoms with Crippen molar-refractivity contribution in [2.24, 2.45) is 0 Å². The highest BCUT2D eigenvalue weighted by atomic mass is 15.2. The quantitative estimate of drug-likeness (QED) is 0.923. The maximum atomic E-state index is 10.1. The second kappa shape index (κ2) is 7.41. The second-order valence-corrected chi connectivity index (χ2v) is 6.09. The highest BCUT2D eigenvalue weighted by Crippen LogP contribution is 2.35. The van der Waals surface area contributed by atoms with Crippen LogP contribution >= 0.6 is 0 Å². The van der Waals surface area contributed by atoms with Crippen molar-refractivity contribution in [1.82, 2.24) is 10.2 Å². The Kier molecular flexibility index (Phi) is 5.07. The Balaban J connectivity index is 1.91. The van der Waals surface area contributed by atoms with Gasteiger partial charge in [-0.3, -0.25) is 0 Å². The minimum atomic E-state index is -0.576. The van der Waals surface area contributed by atoms with E-state index in [0.29, 0.717) is 0 Å². The van der Waals surface area contributed by atoms with E-state index in [9.17, 15) is 5.26 Å². The molecule has 0 saturated carbocycles. The lowest BCUT2D eigenvalue weighted by Gasteiger charge is -2.33. The van der Waals surface area contributed by atoms with Crippen LogP contribution in [-0.4, -0.2) is 37.6 Å².